The van der Waals surface area contributed by atoms with E-state index in [1.54, 1.807) is 24.3 Å². The van der Waals surface area contributed by atoms with Crippen molar-refractivity contribution in [1.29, 1.82) is 0 Å². The minimum Gasteiger partial charge on any atom is -0.480 e. The average Bonchev–Trinajstić information content (AvgIpc) is 2.26. The van der Waals surface area contributed by atoms with Crippen LogP contribution >= 0.6 is 11.6 Å². The predicted octanol–water partition coefficient (Wildman–Crippen LogP) is 1.86. The molecule has 0 saturated carbocycles. The van der Waals surface area contributed by atoms with Gasteiger partial charge in [-0.1, -0.05) is 35.7 Å². The first-order valence-corrected chi connectivity index (χ1v) is 5.07. The molecule has 1 atom stereocenters. The quantitative estimate of drug-likeness (QED) is 0.786. The molecular formula is C12H12ClNO2. The smallest absolute Gasteiger partial charge is 0.328 e. The summed E-state index contributed by atoms with van der Waals surface area (Å²) >= 11 is 5.98. The van der Waals surface area contributed by atoms with Crippen LogP contribution in [0.3, 0.4) is 0 Å². The van der Waals surface area contributed by atoms with Crippen LogP contribution in [-0.2, 0) is 10.3 Å². The maximum Gasteiger partial charge on any atom is 0.328 e. The molecule has 0 amide bonds. The molecule has 1 aromatic carbocycles. The molecule has 2 N–H and O–H groups in total. The zero-order chi connectivity index (χ0) is 12.2. The predicted molar refractivity (Wildman–Crippen MR) is 63.3 cm³/mol. The lowest BCUT2D eigenvalue weighted by atomic mass is 9.92. The molecule has 0 fully saturated rings. The molecular weight excluding hydrogens is 226 g/mol. The van der Waals surface area contributed by atoms with Gasteiger partial charge in [0.2, 0.25) is 0 Å². The number of nitrogens with one attached hydrogen (secondary N) is 1. The van der Waals surface area contributed by atoms with Crippen molar-refractivity contribution in [2.45, 2.75) is 12.5 Å². The van der Waals surface area contributed by atoms with Crippen molar-refractivity contribution in [1.82, 2.24) is 5.32 Å². The Kier molecular flexibility index (Phi) is 3.94. The van der Waals surface area contributed by atoms with E-state index in [1.165, 1.54) is 6.92 Å². The number of aliphatic carboxylic acids is 1. The van der Waals surface area contributed by atoms with E-state index in [2.05, 4.69) is 11.2 Å². The third-order valence-electron chi connectivity index (χ3n) is 2.38. The normalized spacial score (nSPS) is 13.8. The number of carboxylic acid groups (broad SMARTS) is 1. The van der Waals surface area contributed by atoms with E-state index in [0.717, 1.165) is 0 Å². The molecule has 1 aromatic rings. The van der Waals surface area contributed by atoms with Crippen molar-refractivity contribution in [3.05, 3.63) is 34.9 Å². The zero-order valence-electron chi connectivity index (χ0n) is 8.83. The Hall–Kier alpha value is -1.50. The zero-order valence-corrected chi connectivity index (χ0v) is 9.58. The Bertz CT molecular complexity index is 439. The summed E-state index contributed by atoms with van der Waals surface area (Å²) in [7, 11) is 0. The molecule has 1 unspecified atom stereocenters. The molecule has 3 nitrogen and oxygen atoms in total. The van der Waals surface area contributed by atoms with Crippen LogP contribution in [0.1, 0.15) is 12.5 Å². The SMILES string of the molecule is C#CCNC(C)(C(=O)O)c1ccccc1Cl. The van der Waals surface area contributed by atoms with Gasteiger partial charge >= 0.3 is 5.97 Å². The fourth-order valence-corrected chi connectivity index (χ4v) is 1.71. The molecule has 4 heteroatoms. The summed E-state index contributed by atoms with van der Waals surface area (Å²) in [6, 6.07) is 6.80. The van der Waals surface area contributed by atoms with Gasteiger partial charge < -0.3 is 5.11 Å². The van der Waals surface area contributed by atoms with E-state index in [-0.39, 0.29) is 6.54 Å². The number of halogens is 1. The van der Waals surface area contributed by atoms with Gasteiger partial charge in [0.25, 0.3) is 0 Å². The van der Waals surface area contributed by atoms with Crippen LogP contribution in [0, 0.1) is 12.3 Å². The molecule has 0 spiro atoms. The maximum absolute atomic E-state index is 11.3. The van der Waals surface area contributed by atoms with Gasteiger partial charge in [-0.25, -0.2) is 4.79 Å². The first-order chi connectivity index (χ1) is 7.52. The third kappa shape index (κ3) is 2.35. The molecule has 0 aliphatic carbocycles. The highest BCUT2D eigenvalue weighted by molar-refractivity contribution is 6.31. The van der Waals surface area contributed by atoms with Crippen molar-refractivity contribution in [3.8, 4) is 12.3 Å². The van der Waals surface area contributed by atoms with Gasteiger partial charge in [0.05, 0.1) is 6.54 Å². The molecule has 0 bridgehead atoms. The topological polar surface area (TPSA) is 49.3 Å². The second-order valence-electron chi connectivity index (χ2n) is 3.47. The van der Waals surface area contributed by atoms with Crippen LogP contribution in [-0.4, -0.2) is 17.6 Å². The highest BCUT2D eigenvalue weighted by Crippen LogP contribution is 2.27. The number of carboxylic acids is 1. The van der Waals surface area contributed by atoms with Crippen molar-refractivity contribution in [2.75, 3.05) is 6.54 Å². The van der Waals surface area contributed by atoms with Crippen LogP contribution in [0.2, 0.25) is 5.02 Å². The summed E-state index contributed by atoms with van der Waals surface area (Å²) in [5, 5.41) is 12.4. The van der Waals surface area contributed by atoms with Crippen LogP contribution in [0.5, 0.6) is 0 Å². The monoisotopic (exact) mass is 237 g/mol. The van der Waals surface area contributed by atoms with E-state index >= 15 is 0 Å². The van der Waals surface area contributed by atoms with Crippen LogP contribution in [0.15, 0.2) is 24.3 Å². The number of carbonyl (C=O) groups is 1. The van der Waals surface area contributed by atoms with E-state index < -0.39 is 11.5 Å². The summed E-state index contributed by atoms with van der Waals surface area (Å²) in [6.07, 6.45) is 5.11. The summed E-state index contributed by atoms with van der Waals surface area (Å²) in [4.78, 5) is 11.3. The summed E-state index contributed by atoms with van der Waals surface area (Å²) < 4.78 is 0. The molecule has 0 aliphatic rings. The van der Waals surface area contributed by atoms with E-state index in [0.29, 0.717) is 10.6 Å². The van der Waals surface area contributed by atoms with Crippen molar-refractivity contribution in [2.24, 2.45) is 0 Å². The first kappa shape index (κ1) is 12.6. The number of rotatable bonds is 4. The second kappa shape index (κ2) is 5.02. The number of benzene rings is 1. The van der Waals surface area contributed by atoms with Gasteiger partial charge in [0.15, 0.2) is 0 Å². The average molecular weight is 238 g/mol. The van der Waals surface area contributed by atoms with Crippen molar-refractivity contribution in [3.63, 3.8) is 0 Å². The highest BCUT2D eigenvalue weighted by atomic mass is 35.5. The number of hydrogen-bond acceptors (Lipinski definition) is 2. The van der Waals surface area contributed by atoms with Gasteiger partial charge in [-0.05, 0) is 13.0 Å². The lowest BCUT2D eigenvalue weighted by molar-refractivity contribution is -0.144. The standard InChI is InChI=1S/C12H12ClNO2/c1-3-8-14-12(2,11(15)16)9-6-4-5-7-10(9)13/h1,4-7,14H,8H2,2H3,(H,15,16). The van der Waals surface area contributed by atoms with E-state index in [1.807, 2.05) is 0 Å². The lowest BCUT2D eigenvalue weighted by Gasteiger charge is -2.26. The fraction of sp³-hybridized carbons (Fsp3) is 0.250. The summed E-state index contributed by atoms with van der Waals surface area (Å²) in [5.74, 6) is 1.33. The Balaban J connectivity index is 3.17. The number of hydrogen-bond donors (Lipinski definition) is 2. The van der Waals surface area contributed by atoms with Gasteiger partial charge in [0.1, 0.15) is 5.54 Å². The van der Waals surface area contributed by atoms with Crippen LogP contribution in [0.25, 0.3) is 0 Å². The second-order valence-corrected chi connectivity index (χ2v) is 3.87. The van der Waals surface area contributed by atoms with Crippen molar-refractivity contribution < 1.29 is 9.90 Å². The Morgan fingerprint density at radius 1 is 1.62 bits per heavy atom. The van der Waals surface area contributed by atoms with Gasteiger partial charge in [-0.15, -0.1) is 6.42 Å². The third-order valence-corrected chi connectivity index (χ3v) is 2.71. The Morgan fingerprint density at radius 3 is 2.75 bits per heavy atom. The Labute approximate surface area is 99.4 Å². The largest absolute Gasteiger partial charge is 0.480 e. The first-order valence-electron chi connectivity index (χ1n) is 4.69. The highest BCUT2D eigenvalue weighted by Gasteiger charge is 2.35. The molecule has 1 rings (SSSR count). The minimum atomic E-state index is -1.27. The molecule has 0 radical (unpaired) electrons. The minimum absolute atomic E-state index is 0.161. The Morgan fingerprint density at radius 2 is 2.25 bits per heavy atom. The molecule has 16 heavy (non-hydrogen) atoms. The maximum atomic E-state index is 11.3. The fourth-order valence-electron chi connectivity index (χ4n) is 1.38. The molecule has 0 heterocycles. The lowest BCUT2D eigenvalue weighted by Crippen LogP contribution is -2.47. The summed E-state index contributed by atoms with van der Waals surface area (Å²) in [5.41, 5.74) is -0.774. The molecule has 0 aliphatic heterocycles. The van der Waals surface area contributed by atoms with Crippen LogP contribution in [0.4, 0.5) is 0 Å². The van der Waals surface area contributed by atoms with Gasteiger partial charge in [-0.3, -0.25) is 5.32 Å². The summed E-state index contributed by atoms with van der Waals surface area (Å²) in [6.45, 7) is 1.70. The van der Waals surface area contributed by atoms with E-state index in [4.69, 9.17) is 18.0 Å². The van der Waals surface area contributed by atoms with Gasteiger partial charge in [-0.2, -0.15) is 0 Å². The molecule has 84 valence electrons. The van der Waals surface area contributed by atoms with Crippen molar-refractivity contribution >= 4 is 17.6 Å². The van der Waals surface area contributed by atoms with Gasteiger partial charge in [0, 0.05) is 10.6 Å². The molecule has 0 aromatic heterocycles. The van der Waals surface area contributed by atoms with Crippen LogP contribution < -0.4 is 5.32 Å². The molecule has 0 saturated heterocycles. The van der Waals surface area contributed by atoms with E-state index in [9.17, 15) is 9.90 Å². The number of terminal acetylenes is 1.